The number of carboxylic acid groups (broad SMARTS) is 1. The fraction of sp³-hybridized carbons (Fsp3) is 0.455. The van der Waals surface area contributed by atoms with Crippen molar-refractivity contribution in [3.63, 3.8) is 0 Å². The van der Waals surface area contributed by atoms with Gasteiger partial charge in [0, 0.05) is 13.0 Å². The molecule has 0 aliphatic heterocycles. The molecule has 4 amide bonds. The van der Waals surface area contributed by atoms with Crippen LogP contribution in [0.15, 0.2) is 35.3 Å². The highest BCUT2D eigenvalue weighted by atomic mass is 16.4. The fourth-order valence-electron chi connectivity index (χ4n) is 3.13. The van der Waals surface area contributed by atoms with E-state index < -0.39 is 54.3 Å². The Morgan fingerprint density at radius 2 is 1.50 bits per heavy atom. The molecule has 14 heteroatoms. The molecule has 1 aromatic carbocycles. The van der Waals surface area contributed by atoms with Gasteiger partial charge in [-0.15, -0.1) is 0 Å². The lowest BCUT2D eigenvalue weighted by molar-refractivity contribution is -0.138. The average molecular weight is 507 g/mol. The van der Waals surface area contributed by atoms with Gasteiger partial charge in [0.05, 0.1) is 6.04 Å². The standard InChI is InChI=1S/C22H34N8O6/c23-14(11-13-5-2-1-3-6-13)19(34)29-15(7-4-10-27-22(25)26)21(36)30-16(8-9-17(24)31)20(35)28-12-18(32)33/h1-3,5-6,14-16H,4,7-12,23H2,(H2,24,31)(H,28,35)(H,29,34)(H,30,36)(H,32,33)(H4,25,26,27). The molecule has 0 aromatic heterocycles. The second-order valence-corrected chi connectivity index (χ2v) is 7.98. The number of carbonyl (C=O) groups is 5. The summed E-state index contributed by atoms with van der Waals surface area (Å²) in [4.78, 5) is 63.9. The van der Waals surface area contributed by atoms with Gasteiger partial charge >= 0.3 is 5.97 Å². The number of amides is 4. The number of nitrogens with one attached hydrogen (secondary N) is 3. The van der Waals surface area contributed by atoms with Crippen LogP contribution in [0.3, 0.4) is 0 Å². The Labute approximate surface area is 208 Å². The summed E-state index contributed by atoms with van der Waals surface area (Å²) in [6.07, 6.45) is 0.227. The van der Waals surface area contributed by atoms with E-state index in [1.54, 1.807) is 0 Å². The predicted molar refractivity (Wildman–Crippen MR) is 131 cm³/mol. The number of carboxylic acids is 1. The van der Waals surface area contributed by atoms with Crippen LogP contribution in [0.4, 0.5) is 0 Å². The zero-order valence-corrected chi connectivity index (χ0v) is 19.8. The smallest absolute Gasteiger partial charge is 0.322 e. The quantitative estimate of drug-likeness (QED) is 0.0646. The Balaban J connectivity index is 2.94. The molecule has 0 fully saturated rings. The number of nitrogens with two attached hydrogens (primary N) is 4. The van der Waals surface area contributed by atoms with Crippen molar-refractivity contribution in [2.45, 2.75) is 50.2 Å². The molecule has 0 heterocycles. The van der Waals surface area contributed by atoms with E-state index in [1.807, 2.05) is 30.3 Å². The number of primary amides is 1. The van der Waals surface area contributed by atoms with Gasteiger partial charge in [0.2, 0.25) is 23.6 Å². The SMILES string of the molecule is NC(=O)CCC(NC(=O)C(CCCN=C(N)N)NC(=O)C(N)Cc1ccccc1)C(=O)NCC(=O)O. The number of carbonyl (C=O) groups excluding carboxylic acids is 4. The number of nitrogens with zero attached hydrogens (tertiary/aromatic N) is 1. The number of benzene rings is 1. The molecule has 12 N–H and O–H groups in total. The van der Waals surface area contributed by atoms with Crippen molar-refractivity contribution in [2.24, 2.45) is 27.9 Å². The Kier molecular flexibility index (Phi) is 13.0. The zero-order chi connectivity index (χ0) is 27.1. The summed E-state index contributed by atoms with van der Waals surface area (Å²) in [5, 5.41) is 16.0. The Bertz CT molecular complexity index is 936. The summed E-state index contributed by atoms with van der Waals surface area (Å²) in [7, 11) is 0. The molecule has 1 aromatic rings. The average Bonchev–Trinajstić information content (AvgIpc) is 2.82. The van der Waals surface area contributed by atoms with Crippen molar-refractivity contribution >= 4 is 35.6 Å². The van der Waals surface area contributed by atoms with Gasteiger partial charge in [-0.3, -0.25) is 29.0 Å². The van der Waals surface area contributed by atoms with Gasteiger partial charge in [-0.05, 0) is 31.2 Å². The van der Waals surface area contributed by atoms with E-state index in [4.69, 9.17) is 28.0 Å². The molecule has 3 unspecified atom stereocenters. The van der Waals surface area contributed by atoms with Gasteiger partial charge in [-0.1, -0.05) is 30.3 Å². The third-order valence-electron chi connectivity index (χ3n) is 4.94. The molecule has 0 bridgehead atoms. The van der Waals surface area contributed by atoms with E-state index in [0.717, 1.165) is 5.56 Å². The molecule has 3 atom stereocenters. The van der Waals surface area contributed by atoms with Crippen molar-refractivity contribution in [3.05, 3.63) is 35.9 Å². The van der Waals surface area contributed by atoms with Crippen LogP contribution in [0, 0.1) is 0 Å². The summed E-state index contributed by atoms with van der Waals surface area (Å²) in [5.41, 5.74) is 22.6. The summed E-state index contributed by atoms with van der Waals surface area (Å²) in [6, 6.07) is 5.73. The minimum Gasteiger partial charge on any atom is -0.480 e. The van der Waals surface area contributed by atoms with Crippen LogP contribution in [-0.4, -0.2) is 71.9 Å². The number of aliphatic imine (C=N–C) groups is 1. The van der Waals surface area contributed by atoms with E-state index in [2.05, 4.69) is 20.9 Å². The van der Waals surface area contributed by atoms with Crippen molar-refractivity contribution in [1.29, 1.82) is 0 Å². The second-order valence-electron chi connectivity index (χ2n) is 7.98. The van der Waals surface area contributed by atoms with E-state index in [0.29, 0.717) is 6.42 Å². The lowest BCUT2D eigenvalue weighted by Crippen LogP contribution is -2.56. The number of hydrogen-bond acceptors (Lipinski definition) is 7. The van der Waals surface area contributed by atoms with Crippen molar-refractivity contribution < 1.29 is 29.1 Å². The zero-order valence-electron chi connectivity index (χ0n) is 19.8. The van der Waals surface area contributed by atoms with Crippen LogP contribution < -0.4 is 38.9 Å². The summed E-state index contributed by atoms with van der Waals surface area (Å²) >= 11 is 0. The van der Waals surface area contributed by atoms with Crippen LogP contribution in [0.1, 0.15) is 31.2 Å². The Morgan fingerprint density at radius 1 is 0.889 bits per heavy atom. The predicted octanol–water partition coefficient (Wildman–Crippen LogP) is -2.95. The van der Waals surface area contributed by atoms with Crippen molar-refractivity contribution in [3.8, 4) is 0 Å². The first kappa shape index (κ1) is 29.8. The van der Waals surface area contributed by atoms with E-state index in [9.17, 15) is 24.0 Å². The van der Waals surface area contributed by atoms with Gasteiger partial charge in [0.25, 0.3) is 0 Å². The van der Waals surface area contributed by atoms with Gasteiger partial charge in [0.1, 0.15) is 18.6 Å². The normalized spacial score (nSPS) is 12.9. The topological polar surface area (TPSA) is 258 Å². The maximum Gasteiger partial charge on any atom is 0.322 e. The first-order chi connectivity index (χ1) is 17.0. The molecule has 14 nitrogen and oxygen atoms in total. The Hall–Kier alpha value is -4.20. The third-order valence-corrected chi connectivity index (χ3v) is 4.94. The highest BCUT2D eigenvalue weighted by Gasteiger charge is 2.28. The van der Waals surface area contributed by atoms with Gasteiger partial charge in [-0.2, -0.15) is 0 Å². The lowest BCUT2D eigenvalue weighted by Gasteiger charge is -2.24. The first-order valence-corrected chi connectivity index (χ1v) is 11.2. The van der Waals surface area contributed by atoms with E-state index in [-0.39, 0.29) is 38.2 Å². The molecule has 0 aliphatic rings. The van der Waals surface area contributed by atoms with E-state index in [1.165, 1.54) is 0 Å². The van der Waals surface area contributed by atoms with Crippen LogP contribution in [0.25, 0.3) is 0 Å². The van der Waals surface area contributed by atoms with Crippen LogP contribution in [0.5, 0.6) is 0 Å². The third kappa shape index (κ3) is 12.3. The Morgan fingerprint density at radius 3 is 2.08 bits per heavy atom. The minimum atomic E-state index is -1.29. The van der Waals surface area contributed by atoms with Gasteiger partial charge in [-0.25, -0.2) is 0 Å². The molecule has 36 heavy (non-hydrogen) atoms. The summed E-state index contributed by atoms with van der Waals surface area (Å²) in [6.45, 7) is -0.503. The fourth-order valence-corrected chi connectivity index (χ4v) is 3.13. The van der Waals surface area contributed by atoms with Crippen molar-refractivity contribution in [1.82, 2.24) is 16.0 Å². The second kappa shape index (κ2) is 15.7. The summed E-state index contributed by atoms with van der Waals surface area (Å²) < 4.78 is 0. The van der Waals surface area contributed by atoms with Gasteiger partial charge in [0.15, 0.2) is 5.96 Å². The number of guanidine groups is 1. The molecule has 0 aliphatic carbocycles. The largest absolute Gasteiger partial charge is 0.480 e. The van der Waals surface area contributed by atoms with Crippen LogP contribution in [0.2, 0.25) is 0 Å². The first-order valence-electron chi connectivity index (χ1n) is 11.2. The number of rotatable bonds is 16. The maximum atomic E-state index is 13.0. The van der Waals surface area contributed by atoms with Crippen LogP contribution >= 0.6 is 0 Å². The van der Waals surface area contributed by atoms with Gasteiger partial charge < -0.3 is 44.0 Å². The number of hydrogen-bond donors (Lipinski definition) is 8. The molecule has 0 saturated carbocycles. The molecular weight excluding hydrogens is 472 g/mol. The molecule has 0 radical (unpaired) electrons. The number of aliphatic carboxylic acids is 1. The molecule has 0 spiro atoms. The molecule has 0 saturated heterocycles. The van der Waals surface area contributed by atoms with E-state index >= 15 is 0 Å². The molecule has 198 valence electrons. The molecular formula is C22H34N8O6. The molecule has 1 rings (SSSR count). The highest BCUT2D eigenvalue weighted by Crippen LogP contribution is 2.06. The monoisotopic (exact) mass is 506 g/mol. The van der Waals surface area contributed by atoms with Crippen molar-refractivity contribution in [2.75, 3.05) is 13.1 Å². The highest BCUT2D eigenvalue weighted by molar-refractivity contribution is 5.94. The summed E-state index contributed by atoms with van der Waals surface area (Å²) in [5.74, 6) is -4.29. The lowest BCUT2D eigenvalue weighted by atomic mass is 10.0. The maximum absolute atomic E-state index is 13.0. The minimum absolute atomic E-state index is 0.103. The van der Waals surface area contributed by atoms with Crippen LogP contribution in [-0.2, 0) is 30.4 Å².